The van der Waals surface area contributed by atoms with Gasteiger partial charge >= 0.3 is 6.03 Å². The Morgan fingerprint density at radius 3 is 2.44 bits per heavy atom. The van der Waals surface area contributed by atoms with Gasteiger partial charge in [0.2, 0.25) is 10.0 Å². The second-order valence-electron chi connectivity index (χ2n) is 6.60. The number of hydrogen-bond acceptors (Lipinski definition) is 3. The first-order valence-electron chi connectivity index (χ1n) is 8.96. The van der Waals surface area contributed by atoms with Gasteiger partial charge in [0.25, 0.3) is 0 Å². The first-order valence-corrected chi connectivity index (χ1v) is 10.4. The highest BCUT2D eigenvalue weighted by molar-refractivity contribution is 7.89. The Balaban J connectivity index is 1.95. The topological polar surface area (TPSA) is 69.7 Å². The smallest absolute Gasteiger partial charge is 0.317 e. The molecule has 25 heavy (non-hydrogen) atoms. The van der Waals surface area contributed by atoms with Crippen molar-refractivity contribution in [1.82, 2.24) is 14.5 Å². The summed E-state index contributed by atoms with van der Waals surface area (Å²) in [6.07, 6.45) is 3.19. The van der Waals surface area contributed by atoms with Crippen LogP contribution in [0.3, 0.4) is 0 Å². The monoisotopic (exact) mass is 367 g/mol. The van der Waals surface area contributed by atoms with E-state index in [0.29, 0.717) is 37.6 Å². The summed E-state index contributed by atoms with van der Waals surface area (Å²) in [5, 5.41) is 2.91. The summed E-state index contributed by atoms with van der Waals surface area (Å²) < 4.78 is 27.3. The van der Waals surface area contributed by atoms with E-state index < -0.39 is 10.0 Å². The van der Waals surface area contributed by atoms with E-state index in [2.05, 4.69) is 12.2 Å². The second kappa shape index (κ2) is 8.67. The number of carbonyl (C=O) groups is 1. The van der Waals surface area contributed by atoms with Gasteiger partial charge in [-0.1, -0.05) is 31.9 Å². The average Bonchev–Trinajstić information content (AvgIpc) is 2.60. The number of nitrogens with zero attached hydrogens (tertiary/aromatic N) is 2. The molecule has 1 aromatic carbocycles. The molecule has 6 nitrogen and oxygen atoms in total. The van der Waals surface area contributed by atoms with E-state index in [1.165, 1.54) is 4.31 Å². The highest BCUT2D eigenvalue weighted by Gasteiger charge is 2.30. The van der Waals surface area contributed by atoms with Crippen LogP contribution in [0.1, 0.15) is 37.3 Å². The Bertz CT molecular complexity index is 696. The lowest BCUT2D eigenvalue weighted by atomic mass is 10.2. The van der Waals surface area contributed by atoms with Crippen molar-refractivity contribution >= 4 is 16.1 Å². The van der Waals surface area contributed by atoms with Crippen molar-refractivity contribution in [3.05, 3.63) is 29.3 Å². The molecule has 7 heteroatoms. The van der Waals surface area contributed by atoms with Gasteiger partial charge in [-0.15, -0.1) is 0 Å². The lowest BCUT2D eigenvalue weighted by molar-refractivity contribution is 0.172. The van der Waals surface area contributed by atoms with Crippen LogP contribution in [0.4, 0.5) is 4.79 Å². The lowest BCUT2D eigenvalue weighted by Gasteiger charge is -2.34. The number of aryl methyl sites for hydroxylation is 2. The summed E-state index contributed by atoms with van der Waals surface area (Å²) in [6.45, 7) is 8.00. The summed E-state index contributed by atoms with van der Waals surface area (Å²) >= 11 is 0. The Morgan fingerprint density at radius 2 is 1.80 bits per heavy atom. The highest BCUT2D eigenvalue weighted by Crippen LogP contribution is 2.22. The fraction of sp³-hybridized carbons (Fsp3) is 0.611. The predicted octanol–water partition coefficient (Wildman–Crippen LogP) is 2.51. The summed E-state index contributed by atoms with van der Waals surface area (Å²) in [7, 11) is -3.51. The van der Waals surface area contributed by atoms with Gasteiger partial charge < -0.3 is 10.2 Å². The van der Waals surface area contributed by atoms with Crippen LogP contribution >= 0.6 is 0 Å². The summed E-state index contributed by atoms with van der Waals surface area (Å²) in [6, 6.07) is 5.37. The number of sulfonamides is 1. The van der Waals surface area contributed by atoms with E-state index in [9.17, 15) is 13.2 Å². The van der Waals surface area contributed by atoms with Gasteiger partial charge in [-0.05, 0) is 37.5 Å². The molecule has 0 spiro atoms. The largest absolute Gasteiger partial charge is 0.338 e. The maximum atomic E-state index is 12.9. The maximum Gasteiger partial charge on any atom is 0.317 e. The minimum atomic E-state index is -3.51. The average molecular weight is 368 g/mol. The third-order valence-electron chi connectivity index (χ3n) is 4.54. The lowest BCUT2D eigenvalue weighted by Crippen LogP contribution is -2.53. The molecule has 0 saturated carbocycles. The number of urea groups is 1. The number of piperazine rings is 1. The molecule has 1 aliphatic rings. The molecule has 2 amide bonds. The van der Waals surface area contributed by atoms with Crippen LogP contribution < -0.4 is 5.32 Å². The van der Waals surface area contributed by atoms with Crippen LogP contribution in [0, 0.1) is 13.8 Å². The first kappa shape index (κ1) is 19.7. The fourth-order valence-electron chi connectivity index (χ4n) is 2.94. The van der Waals surface area contributed by atoms with Crippen LogP contribution in [0.5, 0.6) is 0 Å². The zero-order valence-corrected chi connectivity index (χ0v) is 16.2. The van der Waals surface area contributed by atoms with Crippen molar-refractivity contribution in [2.24, 2.45) is 0 Å². The van der Waals surface area contributed by atoms with Crippen molar-refractivity contribution in [2.75, 3.05) is 32.7 Å². The second-order valence-corrected chi connectivity index (χ2v) is 8.51. The van der Waals surface area contributed by atoms with E-state index in [-0.39, 0.29) is 6.03 Å². The number of rotatable bonds is 6. The zero-order valence-electron chi connectivity index (χ0n) is 15.4. The predicted molar refractivity (Wildman–Crippen MR) is 99.2 cm³/mol. The summed E-state index contributed by atoms with van der Waals surface area (Å²) in [4.78, 5) is 14.2. The Hall–Kier alpha value is -1.60. The van der Waals surface area contributed by atoms with Crippen LogP contribution in [-0.2, 0) is 10.0 Å². The SMILES string of the molecule is CCCCCNC(=O)N1CCN(S(=O)(=O)c2cc(C)ccc2C)CC1. The normalized spacial score (nSPS) is 16.0. The van der Waals surface area contributed by atoms with Crippen molar-refractivity contribution in [3.63, 3.8) is 0 Å². The van der Waals surface area contributed by atoms with E-state index in [0.717, 1.165) is 30.4 Å². The Morgan fingerprint density at radius 1 is 1.12 bits per heavy atom. The number of unbranched alkanes of at least 4 members (excludes halogenated alkanes) is 2. The third-order valence-corrected chi connectivity index (χ3v) is 6.58. The van der Waals surface area contributed by atoms with Gasteiger partial charge in [0.1, 0.15) is 0 Å². The molecule has 1 aromatic rings. The van der Waals surface area contributed by atoms with Crippen LogP contribution in [0.15, 0.2) is 23.1 Å². The summed E-state index contributed by atoms with van der Waals surface area (Å²) in [5.74, 6) is 0. The minimum Gasteiger partial charge on any atom is -0.338 e. The first-order chi connectivity index (χ1) is 11.9. The van der Waals surface area contributed by atoms with Gasteiger partial charge in [-0.25, -0.2) is 13.2 Å². The van der Waals surface area contributed by atoms with Crippen molar-refractivity contribution < 1.29 is 13.2 Å². The van der Waals surface area contributed by atoms with Gasteiger partial charge in [-0.3, -0.25) is 0 Å². The number of benzene rings is 1. The van der Waals surface area contributed by atoms with Crippen molar-refractivity contribution in [1.29, 1.82) is 0 Å². The third kappa shape index (κ3) is 4.95. The number of amides is 2. The van der Waals surface area contributed by atoms with Crippen LogP contribution in [0.2, 0.25) is 0 Å². The molecule has 0 aromatic heterocycles. The molecule has 140 valence electrons. The van der Waals surface area contributed by atoms with Gasteiger partial charge in [0.15, 0.2) is 0 Å². The molecule has 0 unspecified atom stereocenters. The number of carbonyl (C=O) groups excluding carboxylic acids is 1. The van der Waals surface area contributed by atoms with Gasteiger partial charge in [-0.2, -0.15) is 4.31 Å². The molecule has 0 atom stereocenters. The molecule has 0 bridgehead atoms. The minimum absolute atomic E-state index is 0.0973. The molecular weight excluding hydrogens is 338 g/mol. The maximum absolute atomic E-state index is 12.9. The molecule has 0 radical (unpaired) electrons. The van der Waals surface area contributed by atoms with E-state index in [1.807, 2.05) is 26.0 Å². The molecular formula is C18H29N3O3S. The summed E-state index contributed by atoms with van der Waals surface area (Å²) in [5.41, 5.74) is 1.68. The molecule has 2 rings (SSSR count). The Kier molecular flexibility index (Phi) is 6.84. The number of hydrogen-bond donors (Lipinski definition) is 1. The van der Waals surface area contributed by atoms with E-state index in [4.69, 9.17) is 0 Å². The molecule has 1 saturated heterocycles. The number of nitrogens with one attached hydrogen (secondary N) is 1. The Labute approximate surface area is 151 Å². The molecule has 1 fully saturated rings. The van der Waals surface area contributed by atoms with E-state index >= 15 is 0 Å². The standard InChI is InChI=1S/C18H29N3O3S/c1-4-5-6-9-19-18(22)20-10-12-21(13-11-20)25(23,24)17-14-15(2)7-8-16(17)3/h7-8,14H,4-6,9-13H2,1-3H3,(H,19,22). The van der Waals surface area contributed by atoms with E-state index in [1.54, 1.807) is 11.0 Å². The molecule has 1 heterocycles. The van der Waals surface area contributed by atoms with Crippen molar-refractivity contribution in [3.8, 4) is 0 Å². The quantitative estimate of drug-likeness (QED) is 0.786. The van der Waals surface area contributed by atoms with Crippen molar-refractivity contribution in [2.45, 2.75) is 44.9 Å². The van der Waals surface area contributed by atoms with Gasteiger partial charge in [0, 0.05) is 32.7 Å². The highest BCUT2D eigenvalue weighted by atomic mass is 32.2. The molecule has 1 N–H and O–H groups in total. The molecule has 1 aliphatic heterocycles. The zero-order chi connectivity index (χ0) is 18.4. The van der Waals surface area contributed by atoms with Crippen LogP contribution in [-0.4, -0.2) is 56.4 Å². The molecule has 0 aliphatic carbocycles. The fourth-order valence-corrected chi connectivity index (χ4v) is 4.67. The van der Waals surface area contributed by atoms with Gasteiger partial charge in [0.05, 0.1) is 4.90 Å². The van der Waals surface area contributed by atoms with Crippen LogP contribution in [0.25, 0.3) is 0 Å².